The monoisotopic (exact) mass is 289 g/mol. The van der Waals surface area contributed by atoms with E-state index >= 15 is 0 Å². The zero-order chi connectivity index (χ0) is 15.1. The lowest BCUT2D eigenvalue weighted by Crippen LogP contribution is -2.24. The molecule has 2 rings (SSSR count). The molecular formula is C17H27N3O. The van der Waals surface area contributed by atoms with Crippen LogP contribution in [-0.4, -0.2) is 19.2 Å². The SMILES string of the molecule is CCC(CC)Oc1cc(N2CCCCCC2)ccc1N=N. The third kappa shape index (κ3) is 4.19. The van der Waals surface area contributed by atoms with Crippen LogP contribution in [0.15, 0.2) is 23.3 Å². The lowest BCUT2D eigenvalue weighted by atomic mass is 10.2. The molecule has 1 N–H and O–H groups in total. The second kappa shape index (κ2) is 8.01. The molecule has 4 heteroatoms. The highest BCUT2D eigenvalue weighted by Crippen LogP contribution is 2.34. The largest absolute Gasteiger partial charge is 0.488 e. The first-order valence-corrected chi connectivity index (χ1v) is 8.21. The summed E-state index contributed by atoms with van der Waals surface area (Å²) in [6.07, 6.45) is 7.32. The van der Waals surface area contributed by atoms with E-state index in [1.807, 2.05) is 6.07 Å². The van der Waals surface area contributed by atoms with Crippen LogP contribution in [-0.2, 0) is 0 Å². The summed E-state index contributed by atoms with van der Waals surface area (Å²) in [4.78, 5) is 2.43. The molecule has 0 atom stereocenters. The molecule has 0 aromatic heterocycles. The molecule has 1 aliphatic rings. The van der Waals surface area contributed by atoms with Crippen molar-refractivity contribution in [3.63, 3.8) is 0 Å². The van der Waals surface area contributed by atoms with Crippen molar-refractivity contribution in [3.8, 4) is 5.75 Å². The summed E-state index contributed by atoms with van der Waals surface area (Å²) in [7, 11) is 0. The maximum Gasteiger partial charge on any atom is 0.149 e. The first-order valence-electron chi connectivity index (χ1n) is 8.21. The van der Waals surface area contributed by atoms with Crippen LogP contribution in [0.1, 0.15) is 52.4 Å². The van der Waals surface area contributed by atoms with Crippen molar-refractivity contribution < 1.29 is 4.74 Å². The average Bonchev–Trinajstić information content (AvgIpc) is 2.81. The zero-order valence-corrected chi connectivity index (χ0v) is 13.3. The molecule has 21 heavy (non-hydrogen) atoms. The van der Waals surface area contributed by atoms with Crippen LogP contribution >= 0.6 is 0 Å². The number of ether oxygens (including phenoxy) is 1. The highest BCUT2D eigenvalue weighted by atomic mass is 16.5. The Balaban J connectivity index is 2.21. The molecule has 0 bridgehead atoms. The van der Waals surface area contributed by atoms with Gasteiger partial charge in [-0.15, -0.1) is 0 Å². The minimum absolute atomic E-state index is 0.199. The minimum atomic E-state index is 0.199. The normalized spacial score (nSPS) is 15.9. The van der Waals surface area contributed by atoms with E-state index in [-0.39, 0.29) is 6.10 Å². The molecule has 0 saturated carbocycles. The molecule has 0 radical (unpaired) electrons. The Morgan fingerprint density at radius 3 is 2.38 bits per heavy atom. The van der Waals surface area contributed by atoms with E-state index in [0.29, 0.717) is 5.69 Å². The summed E-state index contributed by atoms with van der Waals surface area (Å²) in [5, 5.41) is 3.60. The molecule has 1 aliphatic heterocycles. The van der Waals surface area contributed by atoms with Gasteiger partial charge in [-0.1, -0.05) is 26.7 Å². The molecule has 4 nitrogen and oxygen atoms in total. The quantitative estimate of drug-likeness (QED) is 0.723. The van der Waals surface area contributed by atoms with Gasteiger partial charge in [-0.2, -0.15) is 5.11 Å². The number of benzene rings is 1. The van der Waals surface area contributed by atoms with Crippen LogP contribution in [0, 0.1) is 5.53 Å². The fraction of sp³-hybridized carbons (Fsp3) is 0.647. The molecule has 1 saturated heterocycles. The Kier molecular flexibility index (Phi) is 6.03. The predicted octanol–water partition coefficient (Wildman–Crippen LogP) is 5.30. The van der Waals surface area contributed by atoms with Crippen LogP contribution < -0.4 is 9.64 Å². The molecule has 116 valence electrons. The van der Waals surface area contributed by atoms with E-state index in [2.05, 4.69) is 36.0 Å². The molecule has 0 aliphatic carbocycles. The van der Waals surface area contributed by atoms with Crippen molar-refractivity contribution in [3.05, 3.63) is 18.2 Å². The van der Waals surface area contributed by atoms with E-state index in [9.17, 15) is 0 Å². The number of hydrogen-bond donors (Lipinski definition) is 1. The Morgan fingerprint density at radius 2 is 1.81 bits per heavy atom. The molecule has 1 aromatic rings. The standard InChI is InChI=1S/C17H27N3O/c1-3-15(4-2)21-17-13-14(9-10-16(17)19-18)20-11-7-5-6-8-12-20/h9-10,13,15,18H,3-8,11-12H2,1-2H3. The number of nitrogens with zero attached hydrogens (tertiary/aromatic N) is 2. The molecule has 0 spiro atoms. The van der Waals surface area contributed by atoms with Gasteiger partial charge < -0.3 is 9.64 Å². The van der Waals surface area contributed by atoms with Gasteiger partial charge in [-0.05, 0) is 37.8 Å². The lowest BCUT2D eigenvalue weighted by molar-refractivity contribution is 0.193. The van der Waals surface area contributed by atoms with Gasteiger partial charge in [0.1, 0.15) is 11.4 Å². The highest BCUT2D eigenvalue weighted by molar-refractivity contribution is 5.61. The van der Waals surface area contributed by atoms with Crippen molar-refractivity contribution in [2.45, 2.75) is 58.5 Å². The fourth-order valence-corrected chi connectivity index (χ4v) is 2.85. The number of rotatable bonds is 6. The molecule has 0 unspecified atom stereocenters. The lowest BCUT2D eigenvalue weighted by Gasteiger charge is -2.24. The summed E-state index contributed by atoms with van der Waals surface area (Å²) in [5.41, 5.74) is 9.15. The predicted molar refractivity (Wildman–Crippen MR) is 86.9 cm³/mol. The smallest absolute Gasteiger partial charge is 0.149 e. The second-order valence-corrected chi connectivity index (χ2v) is 5.72. The summed E-state index contributed by atoms with van der Waals surface area (Å²) in [6.45, 7) is 6.48. The van der Waals surface area contributed by atoms with Gasteiger partial charge in [0.15, 0.2) is 0 Å². The third-order valence-electron chi connectivity index (χ3n) is 4.24. The third-order valence-corrected chi connectivity index (χ3v) is 4.24. The fourth-order valence-electron chi connectivity index (χ4n) is 2.85. The van der Waals surface area contributed by atoms with Gasteiger partial charge in [0, 0.05) is 24.8 Å². The van der Waals surface area contributed by atoms with Crippen molar-refractivity contribution in [1.82, 2.24) is 0 Å². The van der Waals surface area contributed by atoms with Gasteiger partial charge in [-0.3, -0.25) is 0 Å². The number of nitrogens with one attached hydrogen (secondary N) is 1. The summed E-state index contributed by atoms with van der Waals surface area (Å²) >= 11 is 0. The average molecular weight is 289 g/mol. The Bertz CT molecular complexity index is 449. The first kappa shape index (κ1) is 15.8. The summed E-state index contributed by atoms with van der Waals surface area (Å²) in [5.74, 6) is 0.750. The van der Waals surface area contributed by atoms with Crippen LogP contribution in [0.4, 0.5) is 11.4 Å². The molecule has 1 heterocycles. The number of hydrogen-bond acceptors (Lipinski definition) is 4. The number of anilines is 1. The van der Waals surface area contributed by atoms with Crippen molar-refractivity contribution in [2.24, 2.45) is 5.11 Å². The maximum atomic E-state index is 7.32. The van der Waals surface area contributed by atoms with Crippen molar-refractivity contribution >= 4 is 11.4 Å². The van der Waals surface area contributed by atoms with Gasteiger partial charge in [0.2, 0.25) is 0 Å². The molecular weight excluding hydrogens is 262 g/mol. The van der Waals surface area contributed by atoms with E-state index < -0.39 is 0 Å². The van der Waals surface area contributed by atoms with Gasteiger partial charge in [-0.25, -0.2) is 5.53 Å². The van der Waals surface area contributed by atoms with Crippen LogP contribution in [0.2, 0.25) is 0 Å². The zero-order valence-electron chi connectivity index (χ0n) is 13.3. The molecule has 1 aromatic carbocycles. The van der Waals surface area contributed by atoms with Crippen molar-refractivity contribution in [1.29, 1.82) is 5.53 Å². The maximum absolute atomic E-state index is 7.32. The summed E-state index contributed by atoms with van der Waals surface area (Å²) < 4.78 is 6.06. The van der Waals surface area contributed by atoms with E-state index in [0.717, 1.165) is 31.7 Å². The van der Waals surface area contributed by atoms with E-state index in [4.69, 9.17) is 10.3 Å². The van der Waals surface area contributed by atoms with Gasteiger partial charge in [0.25, 0.3) is 0 Å². The highest BCUT2D eigenvalue weighted by Gasteiger charge is 2.14. The molecule has 0 amide bonds. The minimum Gasteiger partial charge on any atom is -0.488 e. The van der Waals surface area contributed by atoms with Crippen molar-refractivity contribution in [2.75, 3.05) is 18.0 Å². The molecule has 1 fully saturated rings. The van der Waals surface area contributed by atoms with Crippen LogP contribution in [0.3, 0.4) is 0 Å². The second-order valence-electron chi connectivity index (χ2n) is 5.72. The summed E-state index contributed by atoms with van der Waals surface area (Å²) in [6, 6.07) is 6.04. The van der Waals surface area contributed by atoms with E-state index in [1.54, 1.807) is 0 Å². The van der Waals surface area contributed by atoms with Gasteiger partial charge in [0.05, 0.1) is 6.10 Å². The van der Waals surface area contributed by atoms with Crippen LogP contribution in [0.5, 0.6) is 5.75 Å². The van der Waals surface area contributed by atoms with Crippen LogP contribution in [0.25, 0.3) is 0 Å². The Hall–Kier alpha value is -1.58. The first-order chi connectivity index (χ1) is 10.3. The Labute approximate surface area is 128 Å². The Morgan fingerprint density at radius 1 is 1.14 bits per heavy atom. The topological polar surface area (TPSA) is 48.7 Å². The van der Waals surface area contributed by atoms with Gasteiger partial charge >= 0.3 is 0 Å². The van der Waals surface area contributed by atoms with E-state index in [1.165, 1.54) is 31.4 Å².